The Kier molecular flexibility index (Phi) is 5.62. The summed E-state index contributed by atoms with van der Waals surface area (Å²) >= 11 is 0. The summed E-state index contributed by atoms with van der Waals surface area (Å²) in [4.78, 5) is 39.0. The van der Waals surface area contributed by atoms with Crippen LogP contribution in [-0.2, 0) is 11.0 Å². The number of nitrogens with zero attached hydrogens (tertiary/aromatic N) is 2. The minimum atomic E-state index is -4.54. The van der Waals surface area contributed by atoms with Crippen LogP contribution in [0.4, 0.5) is 18.0 Å². The third-order valence-electron chi connectivity index (χ3n) is 4.46. The molecular formula is C18H19F3N2O4. The maximum absolute atomic E-state index is 12.9. The highest BCUT2D eigenvalue weighted by atomic mass is 19.4. The Morgan fingerprint density at radius 3 is 2.33 bits per heavy atom. The summed E-state index contributed by atoms with van der Waals surface area (Å²) in [6, 6.07) is 3.54. The topological polar surface area (TPSA) is 77.9 Å². The van der Waals surface area contributed by atoms with Crippen molar-refractivity contribution in [3.05, 3.63) is 48.0 Å². The first-order chi connectivity index (χ1) is 12.5. The first-order valence-electron chi connectivity index (χ1n) is 8.12. The summed E-state index contributed by atoms with van der Waals surface area (Å²) in [5.74, 6) is -1.35. The monoisotopic (exact) mass is 384 g/mol. The van der Waals surface area contributed by atoms with E-state index in [0.29, 0.717) is 0 Å². The van der Waals surface area contributed by atoms with Crippen LogP contribution in [-0.4, -0.2) is 52.4 Å². The van der Waals surface area contributed by atoms with Gasteiger partial charge in [0, 0.05) is 25.2 Å². The Balaban J connectivity index is 2.34. The molecule has 3 amide bonds. The number of hydrogen-bond donors (Lipinski definition) is 1. The molecule has 0 spiro atoms. The zero-order valence-corrected chi connectivity index (χ0v) is 14.6. The van der Waals surface area contributed by atoms with Crippen molar-refractivity contribution < 1.29 is 32.7 Å². The van der Waals surface area contributed by atoms with E-state index in [0.717, 1.165) is 34.1 Å². The van der Waals surface area contributed by atoms with Gasteiger partial charge in [0.1, 0.15) is 0 Å². The second-order valence-electron chi connectivity index (χ2n) is 6.59. The standard InChI is InChI=1S/C18H19F3N2O4/c1-3-8-17(2)11-22(16(26)27)9-10-23(15(17)25)14(24)12-4-6-13(7-5-12)18(19,20)21/h3-7H,1,8-11H2,2H3,(H,26,27)/t17-/m1/s1. The summed E-state index contributed by atoms with van der Waals surface area (Å²) < 4.78 is 38.0. The number of allylic oxidation sites excluding steroid dienone is 1. The number of imide groups is 1. The molecule has 0 aromatic heterocycles. The second kappa shape index (κ2) is 7.42. The van der Waals surface area contributed by atoms with Gasteiger partial charge in [0.15, 0.2) is 0 Å². The zero-order valence-electron chi connectivity index (χ0n) is 14.6. The van der Waals surface area contributed by atoms with Gasteiger partial charge >= 0.3 is 12.3 Å². The van der Waals surface area contributed by atoms with Crippen molar-refractivity contribution >= 4 is 17.9 Å². The molecule has 146 valence electrons. The molecule has 1 aromatic rings. The maximum atomic E-state index is 12.9. The lowest BCUT2D eigenvalue weighted by Gasteiger charge is -2.30. The number of benzene rings is 1. The van der Waals surface area contributed by atoms with Crippen molar-refractivity contribution in [2.45, 2.75) is 19.5 Å². The Bertz CT molecular complexity index is 761. The van der Waals surface area contributed by atoms with Crippen LogP contribution in [0.3, 0.4) is 0 Å². The largest absolute Gasteiger partial charge is 0.465 e. The molecule has 1 aliphatic rings. The molecule has 27 heavy (non-hydrogen) atoms. The molecule has 9 heteroatoms. The molecule has 0 unspecified atom stereocenters. The molecule has 1 N–H and O–H groups in total. The molecule has 1 heterocycles. The van der Waals surface area contributed by atoms with Crippen LogP contribution in [0.15, 0.2) is 36.9 Å². The van der Waals surface area contributed by atoms with E-state index in [1.54, 1.807) is 0 Å². The molecule has 0 saturated carbocycles. The predicted octanol–water partition coefficient (Wildman–Crippen LogP) is 3.25. The first-order valence-corrected chi connectivity index (χ1v) is 8.12. The molecule has 1 aromatic carbocycles. The number of alkyl halides is 3. The summed E-state index contributed by atoms with van der Waals surface area (Å²) in [5.41, 5.74) is -2.19. The predicted molar refractivity (Wildman–Crippen MR) is 90.0 cm³/mol. The normalized spacial score (nSPS) is 21.0. The number of carboxylic acid groups (broad SMARTS) is 1. The fourth-order valence-electron chi connectivity index (χ4n) is 3.00. The van der Waals surface area contributed by atoms with Crippen LogP contribution in [0.1, 0.15) is 29.3 Å². The molecule has 2 rings (SSSR count). The van der Waals surface area contributed by atoms with Gasteiger partial charge in [-0.15, -0.1) is 6.58 Å². The van der Waals surface area contributed by atoms with Crippen molar-refractivity contribution in [2.75, 3.05) is 19.6 Å². The molecular weight excluding hydrogens is 365 g/mol. The lowest BCUT2D eigenvalue weighted by atomic mass is 9.84. The average molecular weight is 384 g/mol. The summed E-state index contributed by atoms with van der Waals surface area (Å²) in [6.07, 6.45) is -4.15. The molecule has 1 saturated heterocycles. The summed E-state index contributed by atoms with van der Waals surface area (Å²) in [5, 5.41) is 9.28. The van der Waals surface area contributed by atoms with Gasteiger partial charge in [0.2, 0.25) is 5.91 Å². The van der Waals surface area contributed by atoms with E-state index in [4.69, 9.17) is 0 Å². The highest BCUT2D eigenvalue weighted by Crippen LogP contribution is 2.31. The Hall–Kier alpha value is -2.84. The first kappa shape index (κ1) is 20.5. The number of amides is 3. The van der Waals surface area contributed by atoms with Gasteiger partial charge in [0.05, 0.1) is 11.0 Å². The van der Waals surface area contributed by atoms with Crippen molar-refractivity contribution in [2.24, 2.45) is 5.41 Å². The molecule has 1 atom stereocenters. The molecule has 1 aliphatic heterocycles. The lowest BCUT2D eigenvalue weighted by molar-refractivity contribution is -0.138. The van der Waals surface area contributed by atoms with Crippen LogP contribution in [0.25, 0.3) is 0 Å². The molecule has 6 nitrogen and oxygen atoms in total. The summed E-state index contributed by atoms with van der Waals surface area (Å²) in [6.45, 7) is 4.73. The highest BCUT2D eigenvalue weighted by Gasteiger charge is 2.43. The van der Waals surface area contributed by atoms with Gasteiger partial charge in [-0.3, -0.25) is 14.5 Å². The number of carbonyl (C=O) groups is 3. The van der Waals surface area contributed by atoms with Crippen molar-refractivity contribution in [3.63, 3.8) is 0 Å². The fraction of sp³-hybridized carbons (Fsp3) is 0.389. The zero-order chi connectivity index (χ0) is 20.4. The average Bonchev–Trinajstić information content (AvgIpc) is 2.72. The second-order valence-corrected chi connectivity index (χ2v) is 6.59. The van der Waals surface area contributed by atoms with E-state index >= 15 is 0 Å². The Morgan fingerprint density at radius 2 is 1.85 bits per heavy atom. The third-order valence-corrected chi connectivity index (χ3v) is 4.46. The Morgan fingerprint density at radius 1 is 1.26 bits per heavy atom. The van der Waals surface area contributed by atoms with Gasteiger partial charge in [-0.05, 0) is 37.6 Å². The van der Waals surface area contributed by atoms with Crippen molar-refractivity contribution in [1.82, 2.24) is 9.80 Å². The van der Waals surface area contributed by atoms with Crippen LogP contribution in [0.2, 0.25) is 0 Å². The van der Waals surface area contributed by atoms with E-state index in [-0.39, 0.29) is 31.6 Å². The quantitative estimate of drug-likeness (QED) is 0.641. The van der Waals surface area contributed by atoms with Crippen LogP contribution in [0.5, 0.6) is 0 Å². The molecule has 1 fully saturated rings. The SMILES string of the molecule is C=CC[C@]1(C)CN(C(=O)O)CCN(C(=O)c2ccc(C(F)(F)F)cc2)C1=O. The fourth-order valence-corrected chi connectivity index (χ4v) is 3.00. The van der Waals surface area contributed by atoms with E-state index < -0.39 is 35.1 Å². The van der Waals surface area contributed by atoms with Gasteiger partial charge in [-0.2, -0.15) is 13.2 Å². The Labute approximate surface area is 153 Å². The lowest BCUT2D eigenvalue weighted by Crippen LogP contribution is -2.46. The molecule has 0 radical (unpaired) electrons. The molecule has 0 aliphatic carbocycles. The van der Waals surface area contributed by atoms with Gasteiger partial charge in [-0.1, -0.05) is 6.08 Å². The van der Waals surface area contributed by atoms with E-state index in [1.807, 2.05) is 0 Å². The number of carbonyl (C=O) groups excluding carboxylic acids is 2. The van der Waals surface area contributed by atoms with Crippen LogP contribution >= 0.6 is 0 Å². The van der Waals surface area contributed by atoms with E-state index in [2.05, 4.69) is 6.58 Å². The van der Waals surface area contributed by atoms with Gasteiger partial charge < -0.3 is 10.0 Å². The number of halogens is 3. The van der Waals surface area contributed by atoms with Crippen molar-refractivity contribution in [3.8, 4) is 0 Å². The maximum Gasteiger partial charge on any atom is 0.416 e. The third kappa shape index (κ3) is 4.29. The number of hydrogen-bond acceptors (Lipinski definition) is 3. The van der Waals surface area contributed by atoms with E-state index in [1.165, 1.54) is 13.0 Å². The minimum Gasteiger partial charge on any atom is -0.465 e. The minimum absolute atomic E-state index is 0.0823. The molecule has 0 bridgehead atoms. The van der Waals surface area contributed by atoms with Crippen molar-refractivity contribution in [1.29, 1.82) is 0 Å². The highest BCUT2D eigenvalue weighted by molar-refractivity contribution is 6.06. The van der Waals surface area contributed by atoms with Gasteiger partial charge in [-0.25, -0.2) is 4.79 Å². The van der Waals surface area contributed by atoms with Crippen LogP contribution in [0, 0.1) is 5.41 Å². The van der Waals surface area contributed by atoms with Crippen LogP contribution < -0.4 is 0 Å². The number of rotatable bonds is 3. The summed E-state index contributed by atoms with van der Waals surface area (Å²) in [7, 11) is 0. The smallest absolute Gasteiger partial charge is 0.416 e. The van der Waals surface area contributed by atoms with E-state index in [9.17, 15) is 32.7 Å². The van der Waals surface area contributed by atoms with Gasteiger partial charge in [0.25, 0.3) is 5.91 Å².